The predicted octanol–water partition coefficient (Wildman–Crippen LogP) is 0.874. The number of fused-ring (bicyclic) bond motifs is 3. The van der Waals surface area contributed by atoms with Gasteiger partial charge in [-0.25, -0.2) is 0 Å². The maximum Gasteiger partial charge on any atom is 0.272 e. The molecule has 1 N–H and O–H groups in total. The number of carbonyl (C=O) groups is 1. The Kier molecular flexibility index (Phi) is 4.03. The number of amides is 1. The normalized spacial score (nSPS) is 24.6. The van der Waals surface area contributed by atoms with Crippen molar-refractivity contribution in [2.45, 2.75) is 6.04 Å². The monoisotopic (exact) mass is 327 g/mol. The van der Waals surface area contributed by atoms with Gasteiger partial charge in [0.05, 0.1) is 24.9 Å². The van der Waals surface area contributed by atoms with E-state index in [2.05, 4.69) is 27.1 Å². The first-order chi connectivity index (χ1) is 11.7. The Bertz CT molecular complexity index is 717. The van der Waals surface area contributed by atoms with Crippen LogP contribution in [-0.2, 0) is 4.74 Å². The summed E-state index contributed by atoms with van der Waals surface area (Å²) < 4.78 is 5.75. The number of nitrogens with one attached hydrogen (secondary N) is 1. The van der Waals surface area contributed by atoms with Gasteiger partial charge in [-0.15, -0.1) is 0 Å². The van der Waals surface area contributed by atoms with Crippen molar-refractivity contribution >= 4 is 5.91 Å². The zero-order chi connectivity index (χ0) is 16.5. The summed E-state index contributed by atoms with van der Waals surface area (Å²) in [6.45, 7) is 3.85. The summed E-state index contributed by atoms with van der Waals surface area (Å²) in [7, 11) is 2.11. The van der Waals surface area contributed by atoms with Gasteiger partial charge in [-0.2, -0.15) is 5.10 Å². The van der Waals surface area contributed by atoms with E-state index in [0.717, 1.165) is 37.5 Å². The van der Waals surface area contributed by atoms with Gasteiger partial charge in [-0.3, -0.25) is 14.9 Å². The van der Waals surface area contributed by atoms with Crippen molar-refractivity contribution in [3.63, 3.8) is 0 Å². The number of pyridine rings is 1. The van der Waals surface area contributed by atoms with E-state index < -0.39 is 0 Å². The van der Waals surface area contributed by atoms with Crippen molar-refractivity contribution in [1.82, 2.24) is 25.0 Å². The highest BCUT2D eigenvalue weighted by molar-refractivity contribution is 5.93. The zero-order valence-electron chi connectivity index (χ0n) is 13.7. The Labute approximate surface area is 140 Å². The molecule has 4 rings (SSSR count). The van der Waals surface area contributed by atoms with Gasteiger partial charge in [0.1, 0.15) is 5.69 Å². The molecule has 2 bridgehead atoms. The molecule has 2 atom stereocenters. The zero-order valence-corrected chi connectivity index (χ0v) is 13.7. The van der Waals surface area contributed by atoms with Crippen molar-refractivity contribution in [2.75, 3.05) is 39.9 Å². The summed E-state index contributed by atoms with van der Waals surface area (Å²) in [6, 6.07) is 5.66. The van der Waals surface area contributed by atoms with Crippen LogP contribution >= 0.6 is 0 Å². The number of rotatable bonds is 2. The molecule has 7 nitrogen and oxygen atoms in total. The molecule has 24 heavy (non-hydrogen) atoms. The first-order valence-electron chi connectivity index (χ1n) is 8.24. The summed E-state index contributed by atoms with van der Waals surface area (Å²) >= 11 is 0. The third-order valence-corrected chi connectivity index (χ3v) is 4.70. The smallest absolute Gasteiger partial charge is 0.272 e. The average Bonchev–Trinajstić information content (AvgIpc) is 2.92. The second-order valence-corrected chi connectivity index (χ2v) is 6.64. The lowest BCUT2D eigenvalue weighted by atomic mass is 10.1. The molecule has 2 aliphatic heterocycles. The molecular formula is C17H21N5O2. The van der Waals surface area contributed by atoms with Crippen molar-refractivity contribution in [3.05, 3.63) is 36.3 Å². The van der Waals surface area contributed by atoms with Crippen molar-refractivity contribution < 1.29 is 9.53 Å². The fourth-order valence-corrected chi connectivity index (χ4v) is 3.58. The summed E-state index contributed by atoms with van der Waals surface area (Å²) in [6.07, 6.45) is 3.44. The molecule has 1 amide bonds. The summed E-state index contributed by atoms with van der Waals surface area (Å²) in [5, 5.41) is 7.18. The largest absolute Gasteiger partial charge is 0.379 e. The molecule has 7 heteroatoms. The molecule has 2 saturated heterocycles. The van der Waals surface area contributed by atoms with Crippen LogP contribution in [0.4, 0.5) is 0 Å². The minimum Gasteiger partial charge on any atom is -0.379 e. The summed E-state index contributed by atoms with van der Waals surface area (Å²) in [5.41, 5.74) is 2.22. The van der Waals surface area contributed by atoms with Gasteiger partial charge in [0.25, 0.3) is 5.91 Å². The molecule has 126 valence electrons. The molecule has 0 aromatic carbocycles. The molecule has 0 spiro atoms. The quantitative estimate of drug-likeness (QED) is 0.886. The number of carbonyl (C=O) groups excluding carboxylic acids is 1. The van der Waals surface area contributed by atoms with Crippen LogP contribution in [0.5, 0.6) is 0 Å². The molecule has 4 heterocycles. The van der Waals surface area contributed by atoms with Crippen LogP contribution in [0.2, 0.25) is 0 Å². The van der Waals surface area contributed by atoms with Crippen molar-refractivity contribution in [2.24, 2.45) is 5.92 Å². The van der Waals surface area contributed by atoms with E-state index in [4.69, 9.17) is 4.74 Å². The number of aromatic nitrogens is 3. The first kappa shape index (κ1) is 15.3. The molecule has 2 fully saturated rings. The number of nitrogens with zero attached hydrogens (tertiary/aromatic N) is 4. The minimum absolute atomic E-state index is 0.00129. The van der Waals surface area contributed by atoms with E-state index in [-0.39, 0.29) is 11.9 Å². The molecular weight excluding hydrogens is 306 g/mol. The number of hydrogen-bond donors (Lipinski definition) is 1. The van der Waals surface area contributed by atoms with Gasteiger partial charge in [0.2, 0.25) is 0 Å². The standard InChI is InChI=1S/C17H21N5O2/c1-21-7-12-8-22(14(9-21)11-24-10-12)17(23)16-6-15(19-20-16)13-2-4-18-5-3-13/h2-6,12,14H,7-11H2,1H3,(H,19,20)/t12-,14-/m0/s1. The number of ether oxygens (including phenoxy) is 1. The summed E-state index contributed by atoms with van der Waals surface area (Å²) in [5.74, 6) is 0.354. The highest BCUT2D eigenvalue weighted by Gasteiger charge is 2.35. The van der Waals surface area contributed by atoms with E-state index in [1.807, 2.05) is 23.1 Å². The van der Waals surface area contributed by atoms with Crippen molar-refractivity contribution in [1.29, 1.82) is 0 Å². The molecule has 0 aliphatic carbocycles. The lowest BCUT2D eigenvalue weighted by molar-refractivity contribution is 0.0480. The fourth-order valence-electron chi connectivity index (χ4n) is 3.58. The third-order valence-electron chi connectivity index (χ3n) is 4.70. The number of H-pyrrole nitrogens is 1. The summed E-state index contributed by atoms with van der Waals surface area (Å²) in [4.78, 5) is 21.3. The molecule has 2 aliphatic rings. The van der Waals surface area contributed by atoms with Crippen molar-refractivity contribution in [3.8, 4) is 11.3 Å². The van der Waals surface area contributed by atoms with Gasteiger partial charge in [0, 0.05) is 43.5 Å². The van der Waals surface area contributed by atoms with Crippen LogP contribution in [0.1, 0.15) is 10.5 Å². The van der Waals surface area contributed by atoms with Gasteiger partial charge in [-0.05, 0) is 25.2 Å². The van der Waals surface area contributed by atoms with Crippen LogP contribution in [-0.4, -0.2) is 76.8 Å². The Morgan fingerprint density at radius 1 is 1.25 bits per heavy atom. The van der Waals surface area contributed by atoms with Gasteiger partial charge in [-0.1, -0.05) is 0 Å². The predicted molar refractivity (Wildman–Crippen MR) is 88.4 cm³/mol. The van der Waals surface area contributed by atoms with E-state index >= 15 is 0 Å². The van der Waals surface area contributed by atoms with Crippen LogP contribution < -0.4 is 0 Å². The Balaban J connectivity index is 1.58. The highest BCUT2D eigenvalue weighted by Crippen LogP contribution is 2.22. The maximum absolute atomic E-state index is 13.0. The van der Waals surface area contributed by atoms with E-state index in [0.29, 0.717) is 18.2 Å². The van der Waals surface area contributed by atoms with Gasteiger partial charge >= 0.3 is 0 Å². The molecule has 2 aromatic rings. The molecule has 2 aromatic heterocycles. The molecule has 0 radical (unpaired) electrons. The highest BCUT2D eigenvalue weighted by atomic mass is 16.5. The first-order valence-corrected chi connectivity index (χ1v) is 8.24. The Morgan fingerprint density at radius 3 is 2.92 bits per heavy atom. The second kappa shape index (κ2) is 6.33. The lowest BCUT2D eigenvalue weighted by Gasteiger charge is -2.29. The van der Waals surface area contributed by atoms with E-state index in [1.165, 1.54) is 0 Å². The SMILES string of the molecule is CN1C[C@@H]2COC[C@H](C1)N(C(=O)c1cc(-c3ccncc3)n[nH]1)C2. The molecule has 0 saturated carbocycles. The van der Waals surface area contributed by atoms with Crippen LogP contribution in [0.3, 0.4) is 0 Å². The number of hydrogen-bond acceptors (Lipinski definition) is 5. The second-order valence-electron chi connectivity index (χ2n) is 6.64. The Morgan fingerprint density at radius 2 is 2.08 bits per heavy atom. The lowest BCUT2D eigenvalue weighted by Crippen LogP contribution is -2.46. The number of likely N-dealkylation sites (N-methyl/N-ethyl adjacent to an activating group) is 1. The number of aromatic amines is 1. The Hall–Kier alpha value is -2.25. The average molecular weight is 327 g/mol. The van der Waals surface area contributed by atoms with Crippen LogP contribution in [0, 0.1) is 5.92 Å². The topological polar surface area (TPSA) is 74.3 Å². The van der Waals surface area contributed by atoms with Gasteiger partial charge < -0.3 is 14.5 Å². The molecule has 0 unspecified atom stereocenters. The van der Waals surface area contributed by atoms with Crippen LogP contribution in [0.15, 0.2) is 30.6 Å². The minimum atomic E-state index is -0.00129. The van der Waals surface area contributed by atoms with E-state index in [9.17, 15) is 4.79 Å². The maximum atomic E-state index is 13.0. The van der Waals surface area contributed by atoms with Crippen LogP contribution in [0.25, 0.3) is 11.3 Å². The van der Waals surface area contributed by atoms with Gasteiger partial charge in [0.15, 0.2) is 0 Å². The fraction of sp³-hybridized carbons (Fsp3) is 0.471. The van der Waals surface area contributed by atoms with E-state index in [1.54, 1.807) is 12.4 Å². The third kappa shape index (κ3) is 2.92.